The molecule has 0 unspecified atom stereocenters. The van der Waals surface area contributed by atoms with E-state index in [4.69, 9.17) is 5.73 Å². The maximum atomic E-state index is 10.7. The van der Waals surface area contributed by atoms with E-state index in [0.717, 1.165) is 12.8 Å². The Bertz CT molecular complexity index is 116. The molecule has 1 aliphatic carbocycles. The lowest BCUT2D eigenvalue weighted by molar-refractivity contribution is -0.121. The smallest absolute Gasteiger partial charge is 0.137 e. The molecule has 0 saturated heterocycles. The first kappa shape index (κ1) is 9.63. The van der Waals surface area contributed by atoms with Crippen LogP contribution in [0.4, 0.5) is 0 Å². The van der Waals surface area contributed by atoms with E-state index in [0.29, 0.717) is 6.54 Å². The summed E-state index contributed by atoms with van der Waals surface area (Å²) in [4.78, 5) is 10.7. The van der Waals surface area contributed by atoms with Crippen LogP contribution in [0.5, 0.6) is 0 Å². The molecular weight excluding hydrogens is 126 g/mol. The molecule has 1 aliphatic rings. The fraction of sp³-hybridized carbons (Fsp3) is 0.875. The minimum Gasteiger partial charge on any atom is -0.329 e. The van der Waals surface area contributed by atoms with Crippen molar-refractivity contribution in [1.82, 2.24) is 0 Å². The molecular formula is C8H17NO. The van der Waals surface area contributed by atoms with Gasteiger partial charge in [0.15, 0.2) is 0 Å². The molecule has 1 saturated carbocycles. The quantitative estimate of drug-likeness (QED) is 0.634. The third-order valence-corrected chi connectivity index (χ3v) is 1.99. The SMILES string of the molecule is CC.CC(=O)C1(CN)CC1. The van der Waals surface area contributed by atoms with Crippen molar-refractivity contribution >= 4 is 5.78 Å². The molecule has 1 rings (SSSR count). The van der Waals surface area contributed by atoms with Crippen LogP contribution in [0.2, 0.25) is 0 Å². The van der Waals surface area contributed by atoms with Crippen molar-refractivity contribution < 1.29 is 4.79 Å². The van der Waals surface area contributed by atoms with Gasteiger partial charge < -0.3 is 5.73 Å². The Kier molecular flexibility index (Phi) is 3.58. The molecule has 0 aromatic heterocycles. The van der Waals surface area contributed by atoms with Gasteiger partial charge in [0.25, 0.3) is 0 Å². The molecule has 0 aromatic carbocycles. The van der Waals surface area contributed by atoms with Gasteiger partial charge in [-0.05, 0) is 19.8 Å². The molecule has 0 aromatic rings. The molecule has 0 bridgehead atoms. The van der Waals surface area contributed by atoms with E-state index in [1.165, 1.54) is 0 Å². The summed E-state index contributed by atoms with van der Waals surface area (Å²) in [6, 6.07) is 0. The molecule has 10 heavy (non-hydrogen) atoms. The summed E-state index contributed by atoms with van der Waals surface area (Å²) in [6.45, 7) is 6.17. The zero-order chi connectivity index (χ0) is 8.20. The summed E-state index contributed by atoms with van der Waals surface area (Å²) in [5.41, 5.74) is 5.28. The minimum absolute atomic E-state index is 0.0694. The second-order valence-corrected chi connectivity index (χ2v) is 2.54. The molecule has 2 heteroatoms. The largest absolute Gasteiger partial charge is 0.329 e. The summed E-state index contributed by atoms with van der Waals surface area (Å²) in [7, 11) is 0. The van der Waals surface area contributed by atoms with Gasteiger partial charge in [0.1, 0.15) is 5.78 Å². The Hall–Kier alpha value is -0.370. The molecule has 1 fully saturated rings. The van der Waals surface area contributed by atoms with Gasteiger partial charge in [0.2, 0.25) is 0 Å². The number of Topliss-reactive ketones (excluding diaryl/α,β-unsaturated/α-hetero) is 1. The van der Waals surface area contributed by atoms with Crippen LogP contribution in [-0.2, 0) is 4.79 Å². The van der Waals surface area contributed by atoms with Crippen LogP contribution < -0.4 is 5.73 Å². The topological polar surface area (TPSA) is 43.1 Å². The predicted octanol–water partition coefficient (Wildman–Crippen LogP) is 1.34. The van der Waals surface area contributed by atoms with Gasteiger partial charge in [0.05, 0.1) is 0 Å². The third kappa shape index (κ3) is 1.81. The number of hydrogen-bond donors (Lipinski definition) is 1. The second kappa shape index (κ2) is 3.71. The number of hydrogen-bond acceptors (Lipinski definition) is 2. The maximum Gasteiger partial charge on any atom is 0.137 e. The van der Waals surface area contributed by atoms with Gasteiger partial charge in [-0.15, -0.1) is 0 Å². The van der Waals surface area contributed by atoms with Gasteiger partial charge in [-0.3, -0.25) is 4.79 Å². The van der Waals surface area contributed by atoms with Gasteiger partial charge in [-0.2, -0.15) is 0 Å². The molecule has 0 atom stereocenters. The van der Waals surface area contributed by atoms with Crippen LogP contribution in [0.15, 0.2) is 0 Å². The van der Waals surface area contributed by atoms with Crippen molar-refractivity contribution in [3.63, 3.8) is 0 Å². The average Bonchev–Trinajstić information content (AvgIpc) is 2.71. The predicted molar refractivity (Wildman–Crippen MR) is 42.8 cm³/mol. The number of nitrogens with two attached hydrogens (primary N) is 1. The van der Waals surface area contributed by atoms with Crippen LogP contribution >= 0.6 is 0 Å². The summed E-state index contributed by atoms with van der Waals surface area (Å²) < 4.78 is 0. The molecule has 0 aliphatic heterocycles. The van der Waals surface area contributed by atoms with Gasteiger partial charge >= 0.3 is 0 Å². The lowest BCUT2D eigenvalue weighted by atomic mass is 10.0. The maximum absolute atomic E-state index is 10.7. The number of rotatable bonds is 2. The van der Waals surface area contributed by atoms with Gasteiger partial charge in [0, 0.05) is 12.0 Å². The Balaban J connectivity index is 0.000000371. The molecule has 2 nitrogen and oxygen atoms in total. The highest BCUT2D eigenvalue weighted by atomic mass is 16.1. The van der Waals surface area contributed by atoms with Crippen molar-refractivity contribution in [3.05, 3.63) is 0 Å². The zero-order valence-corrected chi connectivity index (χ0v) is 7.11. The summed E-state index contributed by atoms with van der Waals surface area (Å²) in [5, 5.41) is 0. The van der Waals surface area contributed by atoms with Crippen molar-refractivity contribution in [2.24, 2.45) is 11.1 Å². The molecule has 0 amide bonds. The molecule has 0 radical (unpaired) electrons. The van der Waals surface area contributed by atoms with Crippen LogP contribution in [0, 0.1) is 5.41 Å². The first-order valence-corrected chi connectivity index (χ1v) is 3.92. The first-order chi connectivity index (χ1) is 4.71. The Morgan fingerprint density at radius 1 is 1.50 bits per heavy atom. The van der Waals surface area contributed by atoms with Crippen LogP contribution in [0.25, 0.3) is 0 Å². The highest BCUT2D eigenvalue weighted by Gasteiger charge is 2.45. The summed E-state index contributed by atoms with van der Waals surface area (Å²) in [6.07, 6.45) is 2.03. The Morgan fingerprint density at radius 2 is 1.90 bits per heavy atom. The second-order valence-electron chi connectivity index (χ2n) is 2.54. The van der Waals surface area contributed by atoms with E-state index in [1.54, 1.807) is 6.92 Å². The Labute approximate surface area is 62.8 Å². The third-order valence-electron chi connectivity index (χ3n) is 1.99. The molecule has 0 spiro atoms. The van der Waals surface area contributed by atoms with Crippen LogP contribution in [0.1, 0.15) is 33.6 Å². The van der Waals surface area contributed by atoms with E-state index in [-0.39, 0.29) is 11.2 Å². The lowest BCUT2D eigenvalue weighted by Crippen LogP contribution is -2.22. The Morgan fingerprint density at radius 3 is 1.90 bits per heavy atom. The normalized spacial score (nSPS) is 18.8. The van der Waals surface area contributed by atoms with Crippen LogP contribution in [-0.4, -0.2) is 12.3 Å². The fourth-order valence-electron chi connectivity index (χ4n) is 0.851. The van der Waals surface area contributed by atoms with Crippen molar-refractivity contribution in [3.8, 4) is 0 Å². The lowest BCUT2D eigenvalue weighted by Gasteiger charge is -2.03. The minimum atomic E-state index is -0.0694. The van der Waals surface area contributed by atoms with Crippen LogP contribution in [0.3, 0.4) is 0 Å². The fourth-order valence-corrected chi connectivity index (χ4v) is 0.851. The van der Waals surface area contributed by atoms with E-state index < -0.39 is 0 Å². The molecule has 60 valence electrons. The average molecular weight is 143 g/mol. The standard InChI is InChI=1S/C6H11NO.C2H6/c1-5(8)6(4-7)2-3-6;1-2/h2-4,7H2,1H3;1-2H3. The number of carbonyl (C=O) groups excluding carboxylic acids is 1. The van der Waals surface area contributed by atoms with Crippen molar-refractivity contribution in [2.45, 2.75) is 33.6 Å². The van der Waals surface area contributed by atoms with Gasteiger partial charge in [-0.25, -0.2) is 0 Å². The van der Waals surface area contributed by atoms with Gasteiger partial charge in [-0.1, -0.05) is 13.8 Å². The monoisotopic (exact) mass is 143 g/mol. The number of ketones is 1. The van der Waals surface area contributed by atoms with E-state index in [2.05, 4.69) is 0 Å². The van der Waals surface area contributed by atoms with E-state index in [1.807, 2.05) is 13.8 Å². The van der Waals surface area contributed by atoms with E-state index >= 15 is 0 Å². The highest BCUT2D eigenvalue weighted by Crippen LogP contribution is 2.44. The van der Waals surface area contributed by atoms with Crippen molar-refractivity contribution in [1.29, 1.82) is 0 Å². The zero-order valence-electron chi connectivity index (χ0n) is 7.11. The summed E-state index contributed by atoms with van der Waals surface area (Å²) in [5.74, 6) is 0.264. The number of carbonyl (C=O) groups is 1. The van der Waals surface area contributed by atoms with E-state index in [9.17, 15) is 4.79 Å². The summed E-state index contributed by atoms with van der Waals surface area (Å²) >= 11 is 0. The first-order valence-electron chi connectivity index (χ1n) is 3.92. The molecule has 0 heterocycles. The highest BCUT2D eigenvalue weighted by molar-refractivity contribution is 5.85. The molecule has 2 N–H and O–H groups in total. The van der Waals surface area contributed by atoms with Crippen molar-refractivity contribution in [2.75, 3.05) is 6.54 Å².